The van der Waals surface area contributed by atoms with Gasteiger partial charge in [0.25, 0.3) is 5.91 Å². The van der Waals surface area contributed by atoms with Gasteiger partial charge in [0.05, 0.1) is 30.2 Å². The normalized spacial score (nSPS) is 16.6. The molecular weight excluding hydrogens is 417 g/mol. The molecule has 31 heavy (non-hydrogen) atoms. The van der Waals surface area contributed by atoms with E-state index in [1.807, 2.05) is 6.20 Å². The Morgan fingerprint density at radius 2 is 1.94 bits per heavy atom. The van der Waals surface area contributed by atoms with E-state index in [9.17, 15) is 18.0 Å². The Bertz CT molecular complexity index is 919. The van der Waals surface area contributed by atoms with E-state index in [4.69, 9.17) is 9.90 Å². The van der Waals surface area contributed by atoms with Gasteiger partial charge < -0.3 is 19.9 Å². The topological polar surface area (TPSA) is 105 Å². The molecule has 3 heterocycles. The van der Waals surface area contributed by atoms with Crippen LogP contribution < -0.4 is 5.32 Å². The minimum atomic E-state index is -5.08. The lowest BCUT2D eigenvalue weighted by atomic mass is 10.3. The van der Waals surface area contributed by atoms with E-state index < -0.39 is 12.1 Å². The maximum Gasteiger partial charge on any atom is 0.490 e. The van der Waals surface area contributed by atoms with Gasteiger partial charge in [-0.25, -0.2) is 9.78 Å². The summed E-state index contributed by atoms with van der Waals surface area (Å²) in [5, 5.41) is 14.1. The summed E-state index contributed by atoms with van der Waals surface area (Å²) < 4.78 is 35.6. The number of nitrogens with zero attached hydrogens (tertiary/aromatic N) is 5. The van der Waals surface area contributed by atoms with Crippen LogP contribution in [0.4, 0.5) is 13.2 Å². The van der Waals surface area contributed by atoms with Crippen LogP contribution in [0, 0.1) is 5.92 Å². The van der Waals surface area contributed by atoms with Gasteiger partial charge in [0, 0.05) is 45.8 Å². The van der Waals surface area contributed by atoms with Gasteiger partial charge in [-0.15, -0.1) is 0 Å². The largest absolute Gasteiger partial charge is 0.490 e. The Balaban J connectivity index is 0.000000339. The molecule has 0 spiro atoms. The number of aromatic nitrogens is 4. The summed E-state index contributed by atoms with van der Waals surface area (Å²) in [6.07, 6.45) is 3.90. The number of hydrogen-bond donors (Lipinski definition) is 2. The lowest BCUT2D eigenvalue weighted by Gasteiger charge is -2.19. The molecule has 0 unspecified atom stereocenters. The van der Waals surface area contributed by atoms with Crippen molar-refractivity contribution in [2.24, 2.45) is 13.0 Å². The van der Waals surface area contributed by atoms with E-state index in [1.54, 1.807) is 24.1 Å². The number of alkyl halides is 3. The van der Waals surface area contributed by atoms with Crippen LogP contribution in [0.25, 0.3) is 0 Å². The standard InChI is InChI=1S/C17H24N6O.C2HF3O2/c1-21-12-14(8-20-21)17(24)19-10-15-9-18-16-4-5-22(6-7-23(15)16)11-13-2-3-13;3-2(4,5)1(6)7/h8-9,12-13H,2-7,10-11H2,1H3,(H,19,24);(H,6,7). The third-order valence-electron chi connectivity index (χ3n) is 5.17. The van der Waals surface area contributed by atoms with E-state index in [1.165, 1.54) is 19.4 Å². The summed E-state index contributed by atoms with van der Waals surface area (Å²) in [5.41, 5.74) is 1.67. The maximum atomic E-state index is 12.2. The number of imidazole rings is 1. The summed E-state index contributed by atoms with van der Waals surface area (Å²) in [6.45, 7) is 4.86. The van der Waals surface area contributed by atoms with Crippen LogP contribution in [-0.2, 0) is 31.4 Å². The molecule has 0 bridgehead atoms. The predicted molar refractivity (Wildman–Crippen MR) is 103 cm³/mol. The number of hydrogen-bond acceptors (Lipinski definition) is 5. The van der Waals surface area contributed by atoms with Crippen molar-refractivity contribution >= 4 is 11.9 Å². The zero-order chi connectivity index (χ0) is 22.6. The van der Waals surface area contributed by atoms with Crippen LogP contribution in [0.1, 0.15) is 34.7 Å². The van der Waals surface area contributed by atoms with E-state index in [0.717, 1.165) is 43.5 Å². The van der Waals surface area contributed by atoms with E-state index in [0.29, 0.717) is 12.1 Å². The second kappa shape index (κ2) is 9.50. The highest BCUT2D eigenvalue weighted by Crippen LogP contribution is 2.30. The Morgan fingerprint density at radius 1 is 1.23 bits per heavy atom. The zero-order valence-electron chi connectivity index (χ0n) is 17.1. The first-order valence-corrected chi connectivity index (χ1v) is 9.96. The molecule has 2 aromatic heterocycles. The molecule has 1 saturated carbocycles. The molecule has 1 fully saturated rings. The maximum absolute atomic E-state index is 12.2. The molecule has 0 aromatic carbocycles. The molecule has 1 aliphatic heterocycles. The first-order valence-electron chi connectivity index (χ1n) is 9.96. The van der Waals surface area contributed by atoms with Gasteiger partial charge in [0.1, 0.15) is 5.82 Å². The van der Waals surface area contributed by atoms with E-state index >= 15 is 0 Å². The first-order chi connectivity index (χ1) is 14.6. The number of aryl methyl sites for hydroxylation is 1. The van der Waals surface area contributed by atoms with Crippen molar-refractivity contribution in [3.05, 3.63) is 35.7 Å². The third-order valence-corrected chi connectivity index (χ3v) is 5.17. The predicted octanol–water partition coefficient (Wildman–Crippen LogP) is 1.45. The molecule has 170 valence electrons. The zero-order valence-corrected chi connectivity index (χ0v) is 17.1. The Hall–Kier alpha value is -2.89. The number of aliphatic carboxylic acids is 1. The molecule has 0 atom stereocenters. The second-order valence-electron chi connectivity index (χ2n) is 7.70. The molecule has 1 amide bonds. The lowest BCUT2D eigenvalue weighted by molar-refractivity contribution is -0.192. The molecule has 2 aliphatic rings. The van der Waals surface area contributed by atoms with Crippen molar-refractivity contribution in [2.75, 3.05) is 19.6 Å². The summed E-state index contributed by atoms with van der Waals surface area (Å²) in [7, 11) is 1.81. The van der Waals surface area contributed by atoms with Gasteiger partial charge in [-0.3, -0.25) is 9.48 Å². The quantitative estimate of drug-likeness (QED) is 0.726. The first kappa shape index (κ1) is 22.8. The highest BCUT2D eigenvalue weighted by atomic mass is 19.4. The Labute approximate surface area is 176 Å². The molecule has 4 rings (SSSR count). The SMILES string of the molecule is Cn1cc(C(=O)NCc2cnc3n2CCN(CC2CC2)CC3)cn1.O=C(O)C(F)(F)F. The van der Waals surface area contributed by atoms with Crippen LogP contribution in [0.2, 0.25) is 0 Å². The van der Waals surface area contributed by atoms with Gasteiger partial charge in [-0.2, -0.15) is 18.3 Å². The van der Waals surface area contributed by atoms with Crippen LogP contribution in [0.3, 0.4) is 0 Å². The van der Waals surface area contributed by atoms with Crippen LogP contribution in [0.15, 0.2) is 18.6 Å². The number of nitrogens with one attached hydrogen (secondary N) is 1. The van der Waals surface area contributed by atoms with Crippen molar-refractivity contribution in [1.29, 1.82) is 0 Å². The number of carboxylic acid groups (broad SMARTS) is 1. The average molecular weight is 442 g/mol. The number of carbonyl (C=O) groups is 2. The summed E-state index contributed by atoms with van der Waals surface area (Å²) in [6, 6.07) is 0. The fourth-order valence-corrected chi connectivity index (χ4v) is 3.34. The van der Waals surface area contributed by atoms with Crippen molar-refractivity contribution in [1.82, 2.24) is 29.5 Å². The third kappa shape index (κ3) is 6.54. The molecular formula is C19H25F3N6O3. The highest BCUT2D eigenvalue weighted by Gasteiger charge is 2.38. The number of amides is 1. The fraction of sp³-hybridized carbons (Fsp3) is 0.579. The minimum absolute atomic E-state index is 0.0948. The molecule has 1 aliphatic carbocycles. The second-order valence-corrected chi connectivity index (χ2v) is 7.70. The lowest BCUT2D eigenvalue weighted by Crippen LogP contribution is -2.29. The van der Waals surface area contributed by atoms with Gasteiger partial charge in [0.15, 0.2) is 0 Å². The Kier molecular flexibility index (Phi) is 6.98. The van der Waals surface area contributed by atoms with Crippen LogP contribution >= 0.6 is 0 Å². The van der Waals surface area contributed by atoms with Crippen molar-refractivity contribution in [3.63, 3.8) is 0 Å². The van der Waals surface area contributed by atoms with Crippen LogP contribution in [-0.4, -0.2) is 67.0 Å². The summed E-state index contributed by atoms with van der Waals surface area (Å²) in [5.74, 6) is -0.789. The number of halogens is 3. The van der Waals surface area contributed by atoms with Gasteiger partial charge in [-0.05, 0) is 18.8 Å². The molecule has 9 nitrogen and oxygen atoms in total. The smallest absolute Gasteiger partial charge is 0.475 e. The summed E-state index contributed by atoms with van der Waals surface area (Å²) >= 11 is 0. The molecule has 0 saturated heterocycles. The molecule has 0 radical (unpaired) electrons. The van der Waals surface area contributed by atoms with Crippen LogP contribution in [0.5, 0.6) is 0 Å². The van der Waals surface area contributed by atoms with Crippen molar-refractivity contribution in [3.8, 4) is 0 Å². The van der Waals surface area contributed by atoms with Gasteiger partial charge >= 0.3 is 12.1 Å². The number of carbonyl (C=O) groups excluding carboxylic acids is 1. The fourth-order valence-electron chi connectivity index (χ4n) is 3.34. The van der Waals surface area contributed by atoms with Gasteiger partial charge in [-0.1, -0.05) is 0 Å². The van der Waals surface area contributed by atoms with Crippen molar-refractivity contribution < 1.29 is 27.9 Å². The van der Waals surface area contributed by atoms with Gasteiger partial charge in [0.2, 0.25) is 0 Å². The monoisotopic (exact) mass is 442 g/mol. The minimum Gasteiger partial charge on any atom is -0.475 e. The summed E-state index contributed by atoms with van der Waals surface area (Å²) in [4.78, 5) is 28.2. The van der Waals surface area contributed by atoms with E-state index in [2.05, 4.69) is 24.9 Å². The molecule has 2 N–H and O–H groups in total. The van der Waals surface area contributed by atoms with Crippen molar-refractivity contribution in [2.45, 2.75) is 38.5 Å². The number of rotatable bonds is 5. The highest BCUT2D eigenvalue weighted by molar-refractivity contribution is 5.93. The Morgan fingerprint density at radius 3 is 2.52 bits per heavy atom. The average Bonchev–Trinajstić information content (AvgIpc) is 3.34. The number of fused-ring (bicyclic) bond motifs is 1. The van der Waals surface area contributed by atoms with E-state index in [-0.39, 0.29) is 5.91 Å². The molecule has 12 heteroatoms. The molecule has 2 aromatic rings. The number of carboxylic acids is 1.